The van der Waals surface area contributed by atoms with E-state index in [1.54, 1.807) is 12.1 Å². The van der Waals surface area contributed by atoms with E-state index in [0.29, 0.717) is 35.7 Å². The predicted molar refractivity (Wildman–Crippen MR) is 191 cm³/mol. The Hall–Kier alpha value is -5.10. The molecule has 0 spiro atoms. The summed E-state index contributed by atoms with van der Waals surface area (Å²) >= 11 is 0. The van der Waals surface area contributed by atoms with Crippen LogP contribution in [0.2, 0.25) is 0 Å². The molecule has 5 rings (SSSR count). The van der Waals surface area contributed by atoms with Crippen molar-refractivity contribution in [3.8, 4) is 22.8 Å². The lowest BCUT2D eigenvalue weighted by molar-refractivity contribution is -0.138. The fourth-order valence-corrected chi connectivity index (χ4v) is 5.75. The number of ether oxygens (including phenoxy) is 3. The van der Waals surface area contributed by atoms with E-state index in [2.05, 4.69) is 67.4 Å². The van der Waals surface area contributed by atoms with E-state index in [4.69, 9.17) is 14.2 Å². The number of carbonyl (C=O) groups is 2. The zero-order valence-electron chi connectivity index (χ0n) is 28.4. The maximum absolute atomic E-state index is 13.0. The number of aromatic amines is 1. The minimum Gasteiger partial charge on any atom is -0.494 e. The highest BCUT2D eigenvalue weighted by Gasteiger charge is 2.22. The van der Waals surface area contributed by atoms with E-state index in [0.717, 1.165) is 53.6 Å². The highest BCUT2D eigenvalue weighted by Crippen LogP contribution is 2.33. The van der Waals surface area contributed by atoms with Crippen molar-refractivity contribution in [3.63, 3.8) is 0 Å². The molecule has 0 aliphatic heterocycles. The molecule has 0 bridgehead atoms. The third-order valence-corrected chi connectivity index (χ3v) is 8.61. The van der Waals surface area contributed by atoms with E-state index in [-0.39, 0.29) is 12.5 Å². The number of nitrogens with one attached hydrogen (secondary N) is 1. The molecule has 1 heterocycles. The molecule has 0 amide bonds. The van der Waals surface area contributed by atoms with Gasteiger partial charge in [0.2, 0.25) is 0 Å². The molecular formula is C42H45NO5. The van der Waals surface area contributed by atoms with E-state index in [1.165, 1.54) is 11.1 Å². The van der Waals surface area contributed by atoms with Crippen LogP contribution in [-0.4, -0.2) is 23.5 Å². The van der Waals surface area contributed by atoms with Gasteiger partial charge in [-0.1, -0.05) is 75.2 Å². The third-order valence-electron chi connectivity index (χ3n) is 8.61. The van der Waals surface area contributed by atoms with Crippen LogP contribution in [0.3, 0.4) is 0 Å². The molecule has 48 heavy (non-hydrogen) atoms. The highest BCUT2D eigenvalue weighted by atomic mass is 16.6. The second-order valence-electron chi connectivity index (χ2n) is 12.2. The second kappa shape index (κ2) is 16.6. The van der Waals surface area contributed by atoms with Gasteiger partial charge in [-0.25, -0.2) is 4.79 Å². The Morgan fingerprint density at radius 3 is 1.92 bits per heavy atom. The van der Waals surface area contributed by atoms with Gasteiger partial charge in [0.25, 0.3) is 0 Å². The molecule has 6 heteroatoms. The van der Waals surface area contributed by atoms with Gasteiger partial charge in [-0.15, -0.1) is 0 Å². The van der Waals surface area contributed by atoms with Gasteiger partial charge in [0, 0.05) is 18.3 Å². The number of carbonyl (C=O) groups excluding carboxylic acids is 2. The number of aryl methyl sites for hydroxylation is 2. The normalized spacial score (nSPS) is 11.0. The van der Waals surface area contributed by atoms with Crippen molar-refractivity contribution in [3.05, 3.63) is 142 Å². The van der Waals surface area contributed by atoms with E-state index in [9.17, 15) is 9.59 Å². The molecule has 0 aliphatic rings. The summed E-state index contributed by atoms with van der Waals surface area (Å²) in [6.07, 6.45) is 6.31. The van der Waals surface area contributed by atoms with Gasteiger partial charge < -0.3 is 19.2 Å². The lowest BCUT2D eigenvalue weighted by Crippen LogP contribution is -2.16. The number of hydrogen-bond donors (Lipinski definition) is 1. The summed E-state index contributed by atoms with van der Waals surface area (Å²) < 4.78 is 17.7. The Kier molecular flexibility index (Phi) is 11.9. The monoisotopic (exact) mass is 643 g/mol. The SMILES string of the molecule is CCCc1ccc(C(Oc2ccc(C(=O)OC(=O)CCCOc3ccc(-c4ccc[nH]4)cc3)c(C)c2C)c2ccc(CCC)cc2)cc1. The van der Waals surface area contributed by atoms with E-state index in [1.807, 2.05) is 56.4 Å². The lowest BCUT2D eigenvalue weighted by Gasteiger charge is -2.23. The molecule has 0 saturated heterocycles. The topological polar surface area (TPSA) is 77.6 Å². The molecule has 1 aromatic heterocycles. The zero-order valence-corrected chi connectivity index (χ0v) is 28.4. The quantitative estimate of drug-likeness (QED) is 0.0698. The van der Waals surface area contributed by atoms with Gasteiger partial charge in [0.15, 0.2) is 0 Å². The van der Waals surface area contributed by atoms with Crippen molar-refractivity contribution < 1.29 is 23.8 Å². The number of hydrogen-bond acceptors (Lipinski definition) is 5. The van der Waals surface area contributed by atoms with Crippen LogP contribution in [0.4, 0.5) is 0 Å². The minimum atomic E-state index is -0.664. The van der Waals surface area contributed by atoms with Crippen molar-refractivity contribution in [2.24, 2.45) is 0 Å². The average molecular weight is 644 g/mol. The van der Waals surface area contributed by atoms with Gasteiger partial charge in [0.05, 0.1) is 12.2 Å². The second-order valence-corrected chi connectivity index (χ2v) is 12.2. The third kappa shape index (κ3) is 8.82. The Morgan fingerprint density at radius 2 is 1.35 bits per heavy atom. The molecule has 0 atom stereocenters. The summed E-state index contributed by atoms with van der Waals surface area (Å²) in [5.41, 5.74) is 8.69. The molecule has 0 radical (unpaired) electrons. The van der Waals surface area contributed by atoms with Gasteiger partial charge in [0.1, 0.15) is 17.6 Å². The molecular weight excluding hydrogens is 598 g/mol. The number of H-pyrrole nitrogens is 1. The Bertz CT molecular complexity index is 1720. The number of benzene rings is 4. The van der Waals surface area contributed by atoms with Crippen molar-refractivity contribution in [2.45, 2.75) is 72.3 Å². The number of esters is 2. The first-order valence-corrected chi connectivity index (χ1v) is 16.9. The summed E-state index contributed by atoms with van der Waals surface area (Å²) in [6, 6.07) is 32.4. The molecule has 0 unspecified atom stereocenters. The maximum atomic E-state index is 13.0. The van der Waals surface area contributed by atoms with E-state index < -0.39 is 11.9 Å². The average Bonchev–Trinajstić information content (AvgIpc) is 3.64. The maximum Gasteiger partial charge on any atom is 0.346 e. The Morgan fingerprint density at radius 1 is 0.729 bits per heavy atom. The van der Waals surface area contributed by atoms with Gasteiger partial charge in [-0.05, 0) is 121 Å². The van der Waals surface area contributed by atoms with Crippen molar-refractivity contribution in [1.29, 1.82) is 0 Å². The first-order valence-electron chi connectivity index (χ1n) is 16.9. The Labute approximate surface area is 284 Å². The van der Waals surface area contributed by atoms with Crippen LogP contribution in [0.1, 0.15) is 89.4 Å². The summed E-state index contributed by atoms with van der Waals surface area (Å²) in [5, 5.41) is 0. The summed E-state index contributed by atoms with van der Waals surface area (Å²) in [5.74, 6) is 0.143. The number of aromatic nitrogens is 1. The fraction of sp³-hybridized carbons (Fsp3) is 0.286. The molecule has 5 aromatic rings. The van der Waals surface area contributed by atoms with Crippen molar-refractivity contribution in [1.82, 2.24) is 4.98 Å². The highest BCUT2D eigenvalue weighted by molar-refractivity contribution is 5.98. The lowest BCUT2D eigenvalue weighted by atomic mass is 9.97. The van der Waals surface area contributed by atoms with Crippen LogP contribution < -0.4 is 9.47 Å². The van der Waals surface area contributed by atoms with Crippen molar-refractivity contribution in [2.75, 3.05) is 6.61 Å². The van der Waals surface area contributed by atoms with Crippen LogP contribution in [-0.2, 0) is 22.4 Å². The first kappa shape index (κ1) is 34.2. The van der Waals surface area contributed by atoms with Crippen LogP contribution in [0, 0.1) is 13.8 Å². The summed E-state index contributed by atoms with van der Waals surface area (Å²) in [4.78, 5) is 28.8. The molecule has 248 valence electrons. The summed E-state index contributed by atoms with van der Waals surface area (Å²) in [6.45, 7) is 8.48. The molecule has 0 aliphatic carbocycles. The van der Waals surface area contributed by atoms with Gasteiger partial charge >= 0.3 is 11.9 Å². The largest absolute Gasteiger partial charge is 0.494 e. The first-order chi connectivity index (χ1) is 23.4. The van der Waals surface area contributed by atoms with Crippen LogP contribution in [0.25, 0.3) is 11.3 Å². The fourth-order valence-electron chi connectivity index (χ4n) is 5.75. The van der Waals surface area contributed by atoms with Crippen molar-refractivity contribution >= 4 is 11.9 Å². The van der Waals surface area contributed by atoms with Gasteiger partial charge in [-0.2, -0.15) is 0 Å². The van der Waals surface area contributed by atoms with Gasteiger partial charge in [-0.3, -0.25) is 4.79 Å². The molecule has 4 aromatic carbocycles. The van der Waals surface area contributed by atoms with Crippen LogP contribution in [0.15, 0.2) is 103 Å². The summed E-state index contributed by atoms with van der Waals surface area (Å²) in [7, 11) is 0. The minimum absolute atomic E-state index is 0.0707. The number of rotatable bonds is 15. The molecule has 0 fully saturated rings. The molecule has 6 nitrogen and oxygen atoms in total. The standard InChI is InChI=1S/C42H45NO5/c1-5-9-31-13-17-34(18-14-31)41(35-19-15-32(10-6-2)16-20-35)47-39-26-25-37(29(3)30(39)4)42(45)48-40(44)12-8-28-46-36-23-21-33(22-24-36)38-11-7-27-43-38/h7,11,13-27,41,43H,5-6,8-10,12,28H2,1-4H3. The van der Waals surface area contributed by atoms with Crippen LogP contribution >= 0.6 is 0 Å². The molecule has 0 saturated carbocycles. The zero-order chi connectivity index (χ0) is 33.9. The van der Waals surface area contributed by atoms with E-state index >= 15 is 0 Å². The smallest absolute Gasteiger partial charge is 0.346 e. The van der Waals surface area contributed by atoms with Crippen LogP contribution in [0.5, 0.6) is 11.5 Å². The molecule has 1 N–H and O–H groups in total. The Balaban J connectivity index is 1.20. The predicted octanol–water partition coefficient (Wildman–Crippen LogP) is 9.91.